The summed E-state index contributed by atoms with van der Waals surface area (Å²) >= 11 is 0. The highest BCUT2D eigenvalue weighted by atomic mass is 16.5. The van der Waals surface area contributed by atoms with Crippen molar-refractivity contribution in [2.45, 2.75) is 18.3 Å². The smallest absolute Gasteiger partial charge is 0.315 e. The third-order valence-electron chi connectivity index (χ3n) is 3.14. The molecular weight excluding hydrogens is 224 g/mol. The van der Waals surface area contributed by atoms with Crippen LogP contribution in [-0.2, 0) is 15.0 Å². The number of carbonyl (C=O) groups excluding carboxylic acids is 1. The summed E-state index contributed by atoms with van der Waals surface area (Å²) in [6.07, 6.45) is -0.161. The largest absolute Gasteiger partial charge is 0.504 e. The van der Waals surface area contributed by atoms with E-state index in [2.05, 4.69) is 0 Å². The highest BCUT2D eigenvalue weighted by Crippen LogP contribution is 2.47. The Morgan fingerprint density at radius 1 is 1.41 bits per heavy atom. The topological polar surface area (TPSA) is 83.8 Å². The van der Waals surface area contributed by atoms with Crippen LogP contribution in [0.1, 0.15) is 18.4 Å². The molecule has 0 saturated heterocycles. The van der Waals surface area contributed by atoms with E-state index in [4.69, 9.17) is 4.74 Å². The van der Waals surface area contributed by atoms with Gasteiger partial charge in [0.2, 0.25) is 0 Å². The third kappa shape index (κ3) is 1.54. The van der Waals surface area contributed by atoms with Gasteiger partial charge < -0.3 is 14.9 Å². The normalized spacial score (nSPS) is 17.4. The van der Waals surface area contributed by atoms with E-state index in [-0.39, 0.29) is 35.7 Å². The van der Waals surface area contributed by atoms with E-state index >= 15 is 0 Å². The quantitative estimate of drug-likeness (QED) is 0.820. The van der Waals surface area contributed by atoms with Crippen LogP contribution in [-0.4, -0.2) is 29.1 Å². The van der Waals surface area contributed by atoms with Crippen LogP contribution in [0.25, 0.3) is 0 Å². The van der Waals surface area contributed by atoms with Gasteiger partial charge in [-0.15, -0.1) is 0 Å². The minimum absolute atomic E-state index is 0.0803. The van der Waals surface area contributed by atoms with E-state index in [9.17, 15) is 19.8 Å². The summed E-state index contributed by atoms with van der Waals surface area (Å²) in [5.41, 5.74) is -1.06. The van der Waals surface area contributed by atoms with Crippen LogP contribution >= 0.6 is 0 Å². The molecule has 0 unspecified atom stereocenters. The maximum Gasteiger partial charge on any atom is 0.315 e. The molecular formula is C12H12O5. The van der Waals surface area contributed by atoms with Crippen LogP contribution in [0, 0.1) is 0 Å². The van der Waals surface area contributed by atoms with Crippen molar-refractivity contribution in [2.24, 2.45) is 0 Å². The van der Waals surface area contributed by atoms with Crippen molar-refractivity contribution >= 4 is 11.8 Å². The lowest BCUT2D eigenvalue weighted by Gasteiger charge is -2.37. The van der Waals surface area contributed by atoms with Gasteiger partial charge in [-0.05, 0) is 6.07 Å². The van der Waals surface area contributed by atoms with Crippen molar-refractivity contribution < 1.29 is 24.5 Å². The van der Waals surface area contributed by atoms with E-state index in [1.165, 1.54) is 19.2 Å². The molecule has 0 aromatic heterocycles. The molecule has 1 aliphatic rings. The number of ketones is 1. The van der Waals surface area contributed by atoms with E-state index in [1.54, 1.807) is 6.07 Å². The number of phenolic OH excluding ortho intramolecular Hbond substituents is 1. The Balaban J connectivity index is 2.52. The number of phenols is 1. The number of rotatable bonds is 3. The lowest BCUT2D eigenvalue weighted by Crippen LogP contribution is -2.48. The Labute approximate surface area is 97.6 Å². The lowest BCUT2D eigenvalue weighted by molar-refractivity contribution is -0.153. The zero-order valence-corrected chi connectivity index (χ0v) is 9.27. The third-order valence-corrected chi connectivity index (χ3v) is 3.14. The van der Waals surface area contributed by atoms with Gasteiger partial charge >= 0.3 is 5.97 Å². The molecule has 5 nitrogen and oxygen atoms in total. The Bertz CT molecular complexity index is 484. The first kappa shape index (κ1) is 11.4. The van der Waals surface area contributed by atoms with Crippen molar-refractivity contribution in [3.63, 3.8) is 0 Å². The zero-order chi connectivity index (χ0) is 12.6. The van der Waals surface area contributed by atoms with E-state index in [0.29, 0.717) is 0 Å². The number of carboxylic acids is 1. The van der Waals surface area contributed by atoms with Crippen molar-refractivity contribution in [2.75, 3.05) is 7.11 Å². The average molecular weight is 236 g/mol. The predicted molar refractivity (Wildman–Crippen MR) is 58.2 cm³/mol. The Morgan fingerprint density at radius 2 is 2.06 bits per heavy atom. The molecule has 0 heterocycles. The fourth-order valence-electron chi connectivity index (χ4n) is 2.15. The number of aromatic hydroxyl groups is 1. The number of carbonyl (C=O) groups is 2. The molecule has 0 amide bonds. The second-order valence-corrected chi connectivity index (χ2v) is 4.14. The number of aliphatic carboxylic acids is 1. The predicted octanol–water partition coefficient (Wildman–Crippen LogP) is 1.09. The summed E-state index contributed by atoms with van der Waals surface area (Å²) in [5.74, 6) is -1.21. The summed E-state index contributed by atoms with van der Waals surface area (Å²) < 4.78 is 4.93. The first-order valence-corrected chi connectivity index (χ1v) is 5.13. The second kappa shape index (κ2) is 3.76. The van der Waals surface area contributed by atoms with E-state index in [1.807, 2.05) is 0 Å². The number of hydrogen-bond acceptors (Lipinski definition) is 4. The maximum atomic E-state index is 11.3. The number of Topliss-reactive ketones (excluding diaryl/α,β-unsaturated/α-hetero) is 1. The van der Waals surface area contributed by atoms with Gasteiger partial charge in [0.15, 0.2) is 11.5 Å². The molecule has 1 aliphatic carbocycles. The van der Waals surface area contributed by atoms with Crippen LogP contribution in [0.15, 0.2) is 18.2 Å². The van der Waals surface area contributed by atoms with Gasteiger partial charge in [-0.1, -0.05) is 12.1 Å². The molecule has 0 radical (unpaired) electrons. The van der Waals surface area contributed by atoms with Crippen LogP contribution in [0.3, 0.4) is 0 Å². The molecule has 5 heteroatoms. The van der Waals surface area contributed by atoms with Gasteiger partial charge in [0.25, 0.3) is 0 Å². The second-order valence-electron chi connectivity index (χ2n) is 4.14. The Morgan fingerprint density at radius 3 is 2.53 bits per heavy atom. The van der Waals surface area contributed by atoms with Crippen molar-refractivity contribution in [1.29, 1.82) is 0 Å². The zero-order valence-electron chi connectivity index (χ0n) is 9.27. The van der Waals surface area contributed by atoms with Gasteiger partial charge in [-0.2, -0.15) is 0 Å². The highest BCUT2D eigenvalue weighted by Gasteiger charge is 2.53. The highest BCUT2D eigenvalue weighted by molar-refractivity contribution is 6.02. The minimum atomic E-state index is -1.30. The monoisotopic (exact) mass is 236 g/mol. The standard InChI is InChI=1S/C12H12O5/c1-17-9-4-2-3-8(10(9)14)12(11(15)16)5-7(13)6-12/h2-4,14H,5-6H2,1H3,(H,15,16). The number of benzene rings is 1. The molecule has 1 saturated carbocycles. The molecule has 1 aromatic rings. The Hall–Kier alpha value is -2.04. The molecule has 2 N–H and O–H groups in total. The van der Waals surface area contributed by atoms with Crippen LogP contribution in [0.4, 0.5) is 0 Å². The lowest BCUT2D eigenvalue weighted by atomic mass is 9.63. The van der Waals surface area contributed by atoms with E-state index in [0.717, 1.165) is 0 Å². The first-order valence-electron chi connectivity index (χ1n) is 5.13. The molecule has 0 bridgehead atoms. The number of para-hydroxylation sites is 1. The SMILES string of the molecule is COc1cccc(C2(C(=O)O)CC(=O)C2)c1O. The molecule has 90 valence electrons. The first-order chi connectivity index (χ1) is 8.01. The van der Waals surface area contributed by atoms with Gasteiger partial charge in [0, 0.05) is 18.4 Å². The van der Waals surface area contributed by atoms with Gasteiger partial charge in [-0.3, -0.25) is 9.59 Å². The molecule has 2 rings (SSSR count). The van der Waals surface area contributed by atoms with Crippen LogP contribution < -0.4 is 4.74 Å². The van der Waals surface area contributed by atoms with Crippen molar-refractivity contribution in [3.05, 3.63) is 23.8 Å². The number of carboxylic acid groups (broad SMARTS) is 1. The van der Waals surface area contributed by atoms with Crippen LogP contribution in [0.5, 0.6) is 11.5 Å². The number of hydrogen-bond donors (Lipinski definition) is 2. The fraction of sp³-hybridized carbons (Fsp3) is 0.333. The Kier molecular flexibility index (Phi) is 2.53. The van der Waals surface area contributed by atoms with Gasteiger partial charge in [0.1, 0.15) is 11.2 Å². The molecule has 0 atom stereocenters. The van der Waals surface area contributed by atoms with Gasteiger partial charge in [-0.25, -0.2) is 0 Å². The summed E-state index contributed by atoms with van der Waals surface area (Å²) in [5, 5.41) is 19.2. The maximum absolute atomic E-state index is 11.3. The van der Waals surface area contributed by atoms with Crippen molar-refractivity contribution in [1.82, 2.24) is 0 Å². The molecule has 0 spiro atoms. The number of methoxy groups -OCH3 is 1. The fourth-order valence-corrected chi connectivity index (χ4v) is 2.15. The summed E-state index contributed by atoms with van der Waals surface area (Å²) in [6, 6.07) is 4.65. The van der Waals surface area contributed by atoms with E-state index < -0.39 is 11.4 Å². The summed E-state index contributed by atoms with van der Waals surface area (Å²) in [7, 11) is 1.39. The molecule has 1 fully saturated rings. The summed E-state index contributed by atoms with van der Waals surface area (Å²) in [6.45, 7) is 0. The molecule has 17 heavy (non-hydrogen) atoms. The summed E-state index contributed by atoms with van der Waals surface area (Å²) in [4.78, 5) is 22.4. The van der Waals surface area contributed by atoms with Gasteiger partial charge in [0.05, 0.1) is 7.11 Å². The minimum Gasteiger partial charge on any atom is -0.504 e. The average Bonchev–Trinajstić information content (AvgIpc) is 2.25. The number of ether oxygens (including phenoxy) is 1. The van der Waals surface area contributed by atoms with Crippen molar-refractivity contribution in [3.8, 4) is 11.5 Å². The molecule has 0 aliphatic heterocycles. The van der Waals surface area contributed by atoms with Crippen LogP contribution in [0.2, 0.25) is 0 Å². The molecule has 1 aromatic carbocycles.